The molecular formula is C51H69N7O3Si2. The van der Waals surface area contributed by atoms with E-state index in [-0.39, 0.29) is 16.5 Å². The summed E-state index contributed by atoms with van der Waals surface area (Å²) in [6.45, 7) is 29.0. The van der Waals surface area contributed by atoms with Crippen LogP contribution in [0, 0.1) is 11.5 Å². The Morgan fingerprint density at radius 3 is 2.00 bits per heavy atom. The van der Waals surface area contributed by atoms with E-state index in [1.54, 1.807) is 12.3 Å². The van der Waals surface area contributed by atoms with Gasteiger partial charge in [0.2, 0.25) is 11.9 Å². The van der Waals surface area contributed by atoms with E-state index in [9.17, 15) is 9.59 Å². The Morgan fingerprint density at radius 1 is 0.841 bits per heavy atom. The van der Waals surface area contributed by atoms with Gasteiger partial charge < -0.3 is 24.9 Å². The second-order valence-corrected chi connectivity index (χ2v) is 29.2. The molecule has 1 fully saturated rings. The second-order valence-electron chi connectivity index (χ2n) is 19.3. The highest BCUT2D eigenvalue weighted by molar-refractivity contribution is 6.99. The summed E-state index contributed by atoms with van der Waals surface area (Å²) in [6, 6.07) is 29.2. The molecule has 3 N–H and O–H groups in total. The van der Waals surface area contributed by atoms with Crippen molar-refractivity contribution in [3.8, 4) is 11.5 Å². The minimum absolute atomic E-state index is 0.0760. The molecule has 1 aliphatic heterocycles. The van der Waals surface area contributed by atoms with Crippen LogP contribution in [0.2, 0.25) is 21.7 Å². The molecule has 2 aromatic heterocycles. The first-order valence-electron chi connectivity index (χ1n) is 22.8. The molecule has 5 aromatic rings. The average molecular weight is 884 g/mol. The SMILES string of the molecule is CC(C)N1CCN(c2ccc(Nc3ncc4c(C#C[Si](C(C)C)(C(C)C)C(C)C)cc(=O)[nH]c4n3)cc2NC(=O)CCCO[Si](c2ccccc2)(c2ccccc2)C(C)(C)C)CC1. The number of fused-ring (bicyclic) bond motifs is 1. The van der Waals surface area contributed by atoms with Crippen LogP contribution in [0.5, 0.6) is 0 Å². The van der Waals surface area contributed by atoms with Gasteiger partial charge in [0.15, 0.2) is 0 Å². The molecule has 3 aromatic carbocycles. The van der Waals surface area contributed by atoms with Crippen molar-refractivity contribution in [1.82, 2.24) is 19.9 Å². The summed E-state index contributed by atoms with van der Waals surface area (Å²) >= 11 is 0. The minimum atomic E-state index is -2.72. The fourth-order valence-electron chi connectivity index (χ4n) is 9.84. The number of rotatable bonds is 15. The highest BCUT2D eigenvalue weighted by atomic mass is 28.4. The zero-order valence-corrected chi connectivity index (χ0v) is 41.4. The van der Waals surface area contributed by atoms with E-state index in [0.29, 0.717) is 70.3 Å². The van der Waals surface area contributed by atoms with Crippen LogP contribution in [-0.4, -0.2) is 81.0 Å². The molecule has 0 aliphatic carbocycles. The topological polar surface area (TPSA) is 115 Å². The molecule has 0 atom stereocenters. The van der Waals surface area contributed by atoms with Crippen molar-refractivity contribution in [2.24, 2.45) is 0 Å². The Bertz CT molecular complexity index is 2390. The van der Waals surface area contributed by atoms with Crippen LogP contribution in [0.3, 0.4) is 0 Å². The van der Waals surface area contributed by atoms with Gasteiger partial charge in [0.1, 0.15) is 13.7 Å². The van der Waals surface area contributed by atoms with Crippen molar-refractivity contribution >= 4 is 66.7 Å². The third kappa shape index (κ3) is 10.5. The fraction of sp³-hybridized carbons (Fsp3) is 0.451. The van der Waals surface area contributed by atoms with Gasteiger partial charge in [-0.1, -0.05) is 129 Å². The third-order valence-corrected chi connectivity index (χ3v) is 24.4. The van der Waals surface area contributed by atoms with Gasteiger partial charge in [0.05, 0.1) is 16.8 Å². The van der Waals surface area contributed by atoms with Gasteiger partial charge >= 0.3 is 0 Å². The smallest absolute Gasteiger partial charge is 0.261 e. The summed E-state index contributed by atoms with van der Waals surface area (Å²) in [5.74, 6) is 3.69. The second kappa shape index (κ2) is 20.2. The van der Waals surface area contributed by atoms with Crippen LogP contribution in [0.25, 0.3) is 11.0 Å². The first-order chi connectivity index (χ1) is 30.0. The zero-order chi connectivity index (χ0) is 45.5. The molecule has 0 saturated carbocycles. The minimum Gasteiger partial charge on any atom is -0.407 e. The molecule has 6 rings (SSSR count). The monoisotopic (exact) mass is 884 g/mol. The Labute approximate surface area is 377 Å². The van der Waals surface area contributed by atoms with Gasteiger partial charge in [-0.2, -0.15) is 4.98 Å². The van der Waals surface area contributed by atoms with Gasteiger partial charge in [-0.05, 0) is 70.5 Å². The fourth-order valence-corrected chi connectivity index (χ4v) is 19.7. The number of hydrogen-bond acceptors (Lipinski definition) is 8. The lowest BCUT2D eigenvalue weighted by atomic mass is 10.1. The standard InChI is InChI=1S/C51H69N7O3Si2/c1-36(2)57-27-29-58(30-28-57)46-25-24-41(53-50-52-35-44-40(33-48(60)55-49(44)56-50)26-32-62(37(3)4,38(5)6)39(7)8)34-45(46)54-47(59)23-18-31-61-63(51(9,10)11,42-19-14-12-15-20-42)43-21-16-13-17-22-43/h12-17,19-22,24-25,33-39H,18,23,27-31H2,1-11H3,(H,54,59)(H2,52,53,55,56,60). The van der Waals surface area contributed by atoms with Crippen molar-refractivity contribution in [3.63, 3.8) is 0 Å². The molecule has 12 heteroatoms. The summed E-state index contributed by atoms with van der Waals surface area (Å²) < 4.78 is 7.10. The highest BCUT2D eigenvalue weighted by Gasteiger charge is 2.50. The predicted molar refractivity (Wildman–Crippen MR) is 268 cm³/mol. The van der Waals surface area contributed by atoms with Crippen LogP contribution < -0.4 is 31.5 Å². The summed E-state index contributed by atoms with van der Waals surface area (Å²) in [4.78, 5) is 44.0. The van der Waals surface area contributed by atoms with Crippen LogP contribution in [0.1, 0.15) is 94.6 Å². The number of H-pyrrole nitrogens is 1. The normalized spacial score (nSPS) is 14.1. The molecule has 334 valence electrons. The quantitative estimate of drug-likeness (QED) is 0.0542. The highest BCUT2D eigenvalue weighted by Crippen LogP contribution is 2.41. The van der Waals surface area contributed by atoms with Crippen molar-refractivity contribution in [2.75, 3.05) is 48.3 Å². The zero-order valence-electron chi connectivity index (χ0n) is 39.4. The molecule has 3 heterocycles. The van der Waals surface area contributed by atoms with Gasteiger partial charge in [0.25, 0.3) is 13.9 Å². The van der Waals surface area contributed by atoms with Crippen LogP contribution in [-0.2, 0) is 9.22 Å². The van der Waals surface area contributed by atoms with Crippen molar-refractivity contribution in [3.05, 3.63) is 107 Å². The molecule has 1 amide bonds. The first-order valence-corrected chi connectivity index (χ1v) is 27.0. The molecule has 0 spiro atoms. The number of hydrogen-bond donors (Lipinski definition) is 3. The van der Waals surface area contributed by atoms with E-state index in [0.717, 1.165) is 37.6 Å². The molecule has 63 heavy (non-hydrogen) atoms. The molecule has 0 radical (unpaired) electrons. The van der Waals surface area contributed by atoms with E-state index in [1.165, 1.54) is 10.4 Å². The lowest BCUT2D eigenvalue weighted by Crippen LogP contribution is -2.66. The number of carbonyl (C=O) groups excluding carboxylic acids is 1. The van der Waals surface area contributed by atoms with Gasteiger partial charge in [-0.25, -0.2) is 4.98 Å². The summed E-state index contributed by atoms with van der Waals surface area (Å²) in [7, 11) is -4.76. The Kier molecular flexibility index (Phi) is 15.2. The van der Waals surface area contributed by atoms with E-state index < -0.39 is 16.4 Å². The lowest BCUT2D eigenvalue weighted by Gasteiger charge is -2.43. The number of carbonyl (C=O) groups is 1. The van der Waals surface area contributed by atoms with Crippen LogP contribution in [0.15, 0.2) is 95.9 Å². The van der Waals surface area contributed by atoms with E-state index >= 15 is 0 Å². The molecule has 10 nitrogen and oxygen atoms in total. The number of benzene rings is 3. The largest absolute Gasteiger partial charge is 0.407 e. The lowest BCUT2D eigenvalue weighted by molar-refractivity contribution is -0.116. The number of nitrogens with zero attached hydrogens (tertiary/aromatic N) is 4. The van der Waals surface area contributed by atoms with E-state index in [1.807, 2.05) is 24.3 Å². The summed E-state index contributed by atoms with van der Waals surface area (Å²) in [5, 5.41) is 9.62. The predicted octanol–water partition coefficient (Wildman–Crippen LogP) is 9.46. The Balaban J connectivity index is 1.24. The van der Waals surface area contributed by atoms with Gasteiger partial charge in [-0.15, -0.1) is 5.54 Å². The van der Waals surface area contributed by atoms with Crippen molar-refractivity contribution < 1.29 is 9.22 Å². The first kappa shape index (κ1) is 47.4. The number of aromatic nitrogens is 3. The number of piperazine rings is 1. The molecular weight excluding hydrogens is 815 g/mol. The number of aromatic amines is 1. The maximum Gasteiger partial charge on any atom is 0.261 e. The van der Waals surface area contributed by atoms with Crippen molar-refractivity contribution in [2.45, 2.75) is 117 Å². The van der Waals surface area contributed by atoms with Crippen molar-refractivity contribution in [1.29, 1.82) is 0 Å². The molecule has 0 unspecified atom stereocenters. The number of pyridine rings is 1. The summed E-state index contributed by atoms with van der Waals surface area (Å²) in [5.41, 5.74) is 8.34. The number of anilines is 4. The molecule has 1 aliphatic rings. The maximum absolute atomic E-state index is 13.9. The molecule has 1 saturated heterocycles. The Hall–Kier alpha value is -5.07. The molecule has 0 bridgehead atoms. The van der Waals surface area contributed by atoms with Crippen LogP contribution >= 0.6 is 0 Å². The third-order valence-electron chi connectivity index (χ3n) is 13.1. The van der Waals surface area contributed by atoms with Gasteiger partial charge in [0, 0.05) is 68.8 Å². The summed E-state index contributed by atoms with van der Waals surface area (Å²) in [6.07, 6.45) is 2.60. The van der Waals surface area contributed by atoms with E-state index in [4.69, 9.17) is 9.41 Å². The number of amides is 1. The Morgan fingerprint density at radius 2 is 1.44 bits per heavy atom. The average Bonchev–Trinajstić information content (AvgIpc) is 3.23. The maximum atomic E-state index is 13.9. The van der Waals surface area contributed by atoms with Crippen LogP contribution in [0.4, 0.5) is 23.0 Å². The van der Waals surface area contributed by atoms with Gasteiger partial charge in [-0.3, -0.25) is 14.5 Å². The van der Waals surface area contributed by atoms with E-state index in [2.05, 4.69) is 173 Å². The number of nitrogens with one attached hydrogen (secondary N) is 3.